The molecule has 9 N–H and O–H groups in total. The van der Waals surface area contributed by atoms with Gasteiger partial charge in [-0.3, -0.25) is 0 Å². The molecule has 0 spiro atoms. The van der Waals surface area contributed by atoms with Crippen LogP contribution in [-0.4, -0.2) is 108 Å². The van der Waals surface area contributed by atoms with Crippen LogP contribution < -0.4 is 0 Å². The van der Waals surface area contributed by atoms with Crippen molar-refractivity contribution in [3.63, 3.8) is 0 Å². The van der Waals surface area contributed by atoms with Gasteiger partial charge in [0.2, 0.25) is 0 Å². The molecule has 5 heterocycles. The monoisotopic (exact) mass is 662 g/mol. The Labute approximate surface area is 261 Å². The van der Waals surface area contributed by atoms with E-state index >= 15 is 0 Å². The molecule has 20 nitrogen and oxygen atoms in total. The number of aromatic amines is 1. The van der Waals surface area contributed by atoms with E-state index in [0.29, 0.717) is 6.08 Å². The van der Waals surface area contributed by atoms with Crippen LogP contribution >= 0.6 is 0 Å². The van der Waals surface area contributed by atoms with Crippen LogP contribution in [0.4, 0.5) is 4.79 Å². The summed E-state index contributed by atoms with van der Waals surface area (Å²) in [6, 6.07) is 2.11. The highest BCUT2D eigenvalue weighted by molar-refractivity contribution is 6.27. The zero-order valence-electron chi connectivity index (χ0n) is 23.1. The number of carbonyl (C=O) groups is 8. The molecule has 20 heteroatoms. The Bertz CT molecular complexity index is 2370. The number of aromatic carboxylic acids is 6. The molecule has 0 unspecified atom stereocenters. The number of aliphatic carboxylic acids is 1. The predicted octanol–water partition coefficient (Wildman–Crippen LogP) is 2.30. The van der Waals surface area contributed by atoms with Gasteiger partial charge >= 0.3 is 47.9 Å². The van der Waals surface area contributed by atoms with Gasteiger partial charge in [0.05, 0.1) is 50.4 Å². The van der Waals surface area contributed by atoms with E-state index in [0.717, 1.165) is 24.3 Å². The first-order chi connectivity index (χ1) is 22.5. The van der Waals surface area contributed by atoms with Gasteiger partial charge in [0, 0.05) is 0 Å². The Morgan fingerprint density at radius 2 is 0.917 bits per heavy atom. The summed E-state index contributed by atoms with van der Waals surface area (Å²) < 4.78 is -0.333. The largest absolute Gasteiger partial charge is 0.478 e. The highest BCUT2D eigenvalue weighted by Gasteiger charge is 2.38. The van der Waals surface area contributed by atoms with E-state index in [1.165, 1.54) is 0 Å². The molecular weight excluding hydrogens is 648 g/mol. The molecule has 5 rings (SSSR count). The number of hydrogen-bond donors (Lipinski definition) is 9. The molecule has 2 aliphatic rings. The van der Waals surface area contributed by atoms with E-state index < -0.39 is 126 Å². The van der Waals surface area contributed by atoms with Gasteiger partial charge < -0.3 is 45.8 Å². The van der Waals surface area contributed by atoms with Crippen molar-refractivity contribution in [1.82, 2.24) is 19.5 Å². The van der Waals surface area contributed by atoms with Crippen LogP contribution in [0.25, 0.3) is 45.9 Å². The second-order valence-electron chi connectivity index (χ2n) is 9.61. The van der Waals surface area contributed by atoms with Gasteiger partial charge in [0.25, 0.3) is 0 Å². The van der Waals surface area contributed by atoms with Crippen molar-refractivity contribution in [1.29, 1.82) is 0 Å². The van der Waals surface area contributed by atoms with E-state index in [1.54, 1.807) is 0 Å². The van der Waals surface area contributed by atoms with Gasteiger partial charge in [0.15, 0.2) is 0 Å². The molecule has 0 saturated carbocycles. The van der Waals surface area contributed by atoms with Crippen molar-refractivity contribution in [3.8, 4) is 0 Å². The predicted molar refractivity (Wildman–Crippen MR) is 154 cm³/mol. The van der Waals surface area contributed by atoms with Crippen molar-refractivity contribution >= 4 is 93.7 Å². The number of carboxylic acids is 7. The van der Waals surface area contributed by atoms with Crippen LogP contribution in [-0.2, 0) is 4.79 Å². The number of carboxylic acid groups (broad SMARTS) is 8. The quantitative estimate of drug-likeness (QED) is 0.137. The first-order valence-electron chi connectivity index (χ1n) is 12.6. The minimum absolute atomic E-state index is 0.333. The van der Waals surface area contributed by atoms with Crippen LogP contribution in [0.1, 0.15) is 84.9 Å². The Balaban J connectivity index is 2.36. The summed E-state index contributed by atoms with van der Waals surface area (Å²) in [4.78, 5) is 111. The minimum Gasteiger partial charge on any atom is -0.478 e. The van der Waals surface area contributed by atoms with Crippen LogP contribution in [0.15, 0.2) is 12.1 Å². The fourth-order valence-corrected chi connectivity index (χ4v) is 5.25. The Kier molecular flexibility index (Phi) is 7.32. The van der Waals surface area contributed by atoms with E-state index in [1.807, 2.05) is 0 Å². The number of H-pyrrole nitrogens is 1. The molecular formula is C28H14N4O16. The van der Waals surface area contributed by atoms with Gasteiger partial charge in [0.1, 0.15) is 33.4 Å². The standard InChI is InChI=1S/C28H14N4O16/c33-21(34)6-5-11-13(23(37)38)9-2-1-7(29-9)12(22(35)36)8-3-4-10(30-8)14(24(39)40)19-15(25(41)42)16(26(43)44)20(32(19)28(47)48)17(27(45)46)18(6)31-11/h1-5,29H,(H,33,34)(H,35,36)(H,37,38)(H,39,40)(H,41,42)(H,43,44)(H,45,46)(H,47,48). The summed E-state index contributed by atoms with van der Waals surface area (Å²) in [6.07, 6.45) is -0.0819. The summed E-state index contributed by atoms with van der Waals surface area (Å²) >= 11 is 0. The lowest BCUT2D eigenvalue weighted by molar-refractivity contribution is -0.130. The second-order valence-corrected chi connectivity index (χ2v) is 9.61. The molecule has 0 saturated heterocycles. The molecule has 3 aromatic heterocycles. The molecule has 48 heavy (non-hydrogen) atoms. The first-order valence-corrected chi connectivity index (χ1v) is 12.6. The van der Waals surface area contributed by atoms with E-state index in [9.17, 15) is 79.2 Å². The fourth-order valence-electron chi connectivity index (χ4n) is 5.25. The topological polar surface area (TPSA) is 345 Å². The zero-order valence-corrected chi connectivity index (χ0v) is 23.1. The Morgan fingerprint density at radius 3 is 1.33 bits per heavy atom. The lowest BCUT2D eigenvalue weighted by Crippen LogP contribution is -2.16. The molecule has 242 valence electrons. The van der Waals surface area contributed by atoms with E-state index in [2.05, 4.69) is 15.0 Å². The van der Waals surface area contributed by atoms with Gasteiger partial charge in [-0.2, -0.15) is 0 Å². The SMILES string of the molecule is O=C(O)C1=Cc2nc1c(C(=O)O)c1c(C(=O)O)c(C(=O)O)c(c(C(=O)O)c3nc(c(C(=O)O)c4ccc([nH]4)c2C(=O)O)C=C3)n1C(=O)O. The van der Waals surface area contributed by atoms with Crippen LogP contribution in [0, 0.1) is 0 Å². The molecule has 0 atom stereocenters. The third kappa shape index (κ3) is 4.73. The van der Waals surface area contributed by atoms with Crippen LogP contribution in [0.5, 0.6) is 0 Å². The highest BCUT2D eigenvalue weighted by atomic mass is 16.4. The highest BCUT2D eigenvalue weighted by Crippen LogP contribution is 2.36. The van der Waals surface area contributed by atoms with Crippen molar-refractivity contribution in [2.45, 2.75) is 0 Å². The molecule has 3 aromatic rings. The molecule has 0 aliphatic carbocycles. The summed E-state index contributed by atoms with van der Waals surface area (Å²) in [5.41, 5.74) is -16.1. The second kappa shape index (κ2) is 11.1. The smallest absolute Gasteiger partial charge is 0.416 e. The third-order valence-corrected chi connectivity index (χ3v) is 6.99. The zero-order chi connectivity index (χ0) is 35.5. The van der Waals surface area contributed by atoms with E-state index in [4.69, 9.17) is 0 Å². The summed E-state index contributed by atoms with van der Waals surface area (Å²) in [5, 5.41) is 81.0. The first kappa shape index (κ1) is 31.8. The van der Waals surface area contributed by atoms with Crippen LogP contribution in [0.2, 0.25) is 0 Å². The summed E-state index contributed by atoms with van der Waals surface area (Å²) in [7, 11) is 0. The molecule has 0 aromatic carbocycles. The van der Waals surface area contributed by atoms with Crippen molar-refractivity contribution in [2.75, 3.05) is 0 Å². The van der Waals surface area contributed by atoms with Crippen LogP contribution in [0.3, 0.4) is 0 Å². The van der Waals surface area contributed by atoms with Gasteiger partial charge in [-0.1, -0.05) is 0 Å². The Hall–Kier alpha value is -7.64. The summed E-state index contributed by atoms with van der Waals surface area (Å²) in [6.45, 7) is 0. The Morgan fingerprint density at radius 1 is 0.500 bits per heavy atom. The van der Waals surface area contributed by atoms with Crippen molar-refractivity contribution in [3.05, 3.63) is 68.3 Å². The average molecular weight is 662 g/mol. The van der Waals surface area contributed by atoms with Gasteiger partial charge in [-0.15, -0.1) is 0 Å². The molecule has 0 radical (unpaired) electrons. The molecule has 0 fully saturated rings. The normalized spacial score (nSPS) is 11.9. The number of nitrogens with one attached hydrogen (secondary N) is 1. The molecule has 0 amide bonds. The van der Waals surface area contributed by atoms with Gasteiger partial charge in [-0.25, -0.2) is 52.9 Å². The molecule has 2 aliphatic heterocycles. The maximum atomic E-state index is 12.8. The number of hydrogen-bond acceptors (Lipinski definition) is 10. The van der Waals surface area contributed by atoms with Crippen molar-refractivity contribution in [2.24, 2.45) is 0 Å². The number of aromatic nitrogens is 4. The molecule has 8 bridgehead atoms. The van der Waals surface area contributed by atoms with Crippen molar-refractivity contribution < 1.29 is 79.2 Å². The number of fused-ring (bicyclic) bond motifs is 8. The average Bonchev–Trinajstić information content (AvgIpc) is 3.75. The van der Waals surface area contributed by atoms with E-state index in [-0.39, 0.29) is 10.1 Å². The lowest BCUT2D eigenvalue weighted by Gasteiger charge is -2.07. The lowest BCUT2D eigenvalue weighted by atomic mass is 10.0. The fraction of sp³-hybridized carbons (Fsp3) is 0. The third-order valence-electron chi connectivity index (χ3n) is 6.99. The minimum atomic E-state index is -2.36. The number of rotatable bonds is 7. The maximum absolute atomic E-state index is 12.8. The maximum Gasteiger partial charge on any atom is 0.416 e. The number of nitrogens with zero attached hydrogens (tertiary/aromatic N) is 3. The summed E-state index contributed by atoms with van der Waals surface area (Å²) in [5.74, 6) is -14.5. The van der Waals surface area contributed by atoms with Gasteiger partial charge in [-0.05, 0) is 30.4 Å².